The fourth-order valence-corrected chi connectivity index (χ4v) is 8.61. The first kappa shape index (κ1) is 18.3. The molecule has 1 spiro atoms. The van der Waals surface area contributed by atoms with Crippen LogP contribution in [0.1, 0.15) is 59.3 Å². The van der Waals surface area contributed by atoms with Gasteiger partial charge in [-0.15, -0.1) is 0 Å². The Morgan fingerprint density at radius 1 is 1.14 bits per heavy atom. The van der Waals surface area contributed by atoms with E-state index >= 15 is 0 Å². The number of nitriles is 2. The molecule has 0 bridgehead atoms. The minimum atomic E-state index is -0.557. The van der Waals surface area contributed by atoms with Gasteiger partial charge >= 0.3 is 0 Å². The van der Waals surface area contributed by atoms with E-state index < -0.39 is 5.92 Å². The van der Waals surface area contributed by atoms with E-state index in [1.807, 2.05) is 0 Å². The van der Waals surface area contributed by atoms with E-state index in [1.54, 1.807) is 6.92 Å². The Morgan fingerprint density at radius 2 is 1.89 bits per heavy atom. The van der Waals surface area contributed by atoms with Crippen molar-refractivity contribution in [3.8, 4) is 12.1 Å². The molecule has 5 heteroatoms. The van der Waals surface area contributed by atoms with Gasteiger partial charge in [0.25, 0.3) is 0 Å². The van der Waals surface area contributed by atoms with Crippen LogP contribution in [0.3, 0.4) is 0 Å². The molecule has 28 heavy (non-hydrogen) atoms. The first-order chi connectivity index (χ1) is 13.2. The highest BCUT2D eigenvalue weighted by Crippen LogP contribution is 2.73. The SMILES string of the molecule is CC(=O)[C@H]1C(C#N)C[C@H]2[C@@H]3CCC45OC4C(=O)C(C#N)C[C@]5(C)[C@H]3CC[C@]12C. The van der Waals surface area contributed by atoms with Crippen LogP contribution in [-0.4, -0.2) is 23.3 Å². The lowest BCUT2D eigenvalue weighted by Gasteiger charge is -2.59. The number of ketones is 2. The minimum absolute atomic E-state index is 0.0128. The van der Waals surface area contributed by atoms with Crippen molar-refractivity contribution in [2.45, 2.75) is 71.0 Å². The Balaban J connectivity index is 1.52. The molecule has 5 nitrogen and oxygen atoms in total. The van der Waals surface area contributed by atoms with Crippen molar-refractivity contribution in [1.82, 2.24) is 0 Å². The second kappa shape index (κ2) is 5.45. The molecule has 0 aromatic heterocycles. The Kier molecular flexibility index (Phi) is 3.57. The molecule has 0 aromatic rings. The predicted octanol–water partition coefficient (Wildman–Crippen LogP) is 3.43. The van der Waals surface area contributed by atoms with Gasteiger partial charge in [0.15, 0.2) is 5.78 Å². The minimum Gasteiger partial charge on any atom is -0.357 e. The molecule has 10 atom stereocenters. The molecule has 1 heterocycles. The van der Waals surface area contributed by atoms with E-state index in [0.29, 0.717) is 24.2 Å². The van der Waals surface area contributed by atoms with Gasteiger partial charge in [-0.05, 0) is 68.6 Å². The molecule has 148 valence electrons. The molecule has 4 saturated carbocycles. The largest absolute Gasteiger partial charge is 0.357 e. The zero-order valence-corrected chi connectivity index (χ0v) is 16.9. The van der Waals surface area contributed by atoms with E-state index in [2.05, 4.69) is 26.0 Å². The fraction of sp³-hybridized carbons (Fsp3) is 0.826. The molecule has 4 aliphatic carbocycles. The zero-order valence-electron chi connectivity index (χ0n) is 16.9. The maximum atomic E-state index is 12.6. The van der Waals surface area contributed by atoms with Crippen LogP contribution in [-0.2, 0) is 14.3 Å². The molecular weight excluding hydrogens is 352 g/mol. The second-order valence-corrected chi connectivity index (χ2v) is 10.6. The van der Waals surface area contributed by atoms with E-state index in [-0.39, 0.29) is 45.9 Å². The summed E-state index contributed by atoms with van der Waals surface area (Å²) in [5.41, 5.74) is -0.622. The summed E-state index contributed by atoms with van der Waals surface area (Å²) in [7, 11) is 0. The van der Waals surface area contributed by atoms with Crippen LogP contribution in [0.25, 0.3) is 0 Å². The van der Waals surface area contributed by atoms with Crippen LogP contribution >= 0.6 is 0 Å². The lowest BCUT2D eigenvalue weighted by molar-refractivity contribution is -0.140. The lowest BCUT2D eigenvalue weighted by atomic mass is 9.43. The standard InChI is InChI=1S/C23H28N2O3/c1-12(26)18-13(10-24)8-17-15-4-7-23-20(28-23)19(27)14(11-25)9-22(23,3)16(15)5-6-21(17,18)2/h13-18,20H,4-9H2,1-3H3/t13?,14?,15-,16+,17+,18+,20?,21+,22-,23?/m1/s1. The van der Waals surface area contributed by atoms with Crippen molar-refractivity contribution < 1.29 is 14.3 Å². The number of rotatable bonds is 1. The summed E-state index contributed by atoms with van der Waals surface area (Å²) >= 11 is 0. The van der Waals surface area contributed by atoms with Gasteiger partial charge in [0.2, 0.25) is 0 Å². The van der Waals surface area contributed by atoms with E-state index in [1.165, 1.54) is 0 Å². The topological polar surface area (TPSA) is 94.2 Å². The monoisotopic (exact) mass is 380 g/mol. The third kappa shape index (κ3) is 1.90. The van der Waals surface area contributed by atoms with Crippen LogP contribution < -0.4 is 0 Å². The second-order valence-electron chi connectivity index (χ2n) is 10.6. The van der Waals surface area contributed by atoms with Gasteiger partial charge in [-0.25, -0.2) is 0 Å². The highest BCUT2D eigenvalue weighted by atomic mass is 16.6. The van der Waals surface area contributed by atoms with Gasteiger partial charge in [-0.2, -0.15) is 10.5 Å². The quantitative estimate of drug-likeness (QED) is 0.650. The molecule has 0 N–H and O–H groups in total. The smallest absolute Gasteiger partial charge is 0.181 e. The molecule has 0 radical (unpaired) electrons. The Hall–Kier alpha value is -1.72. The van der Waals surface area contributed by atoms with Crippen LogP contribution in [0.2, 0.25) is 0 Å². The van der Waals surface area contributed by atoms with E-state index in [0.717, 1.165) is 32.1 Å². The average Bonchev–Trinajstić information content (AvgIpc) is 3.31. The Bertz CT molecular complexity index is 855. The zero-order chi connectivity index (χ0) is 20.1. The molecule has 5 rings (SSSR count). The molecule has 0 amide bonds. The van der Waals surface area contributed by atoms with Crippen LogP contribution in [0, 0.1) is 69.0 Å². The summed E-state index contributed by atoms with van der Waals surface area (Å²) in [6.45, 7) is 6.14. The number of nitrogens with zero attached hydrogens (tertiary/aromatic N) is 2. The number of fused-ring (bicyclic) bond motifs is 4. The first-order valence-electron chi connectivity index (χ1n) is 10.7. The fourth-order valence-electron chi connectivity index (χ4n) is 8.61. The molecule has 5 fully saturated rings. The van der Waals surface area contributed by atoms with Crippen LogP contribution in [0.4, 0.5) is 0 Å². The van der Waals surface area contributed by atoms with Crippen LogP contribution in [0.5, 0.6) is 0 Å². The van der Waals surface area contributed by atoms with Crippen molar-refractivity contribution in [2.75, 3.05) is 0 Å². The summed E-state index contributed by atoms with van der Waals surface area (Å²) < 4.78 is 6.10. The van der Waals surface area contributed by atoms with Gasteiger partial charge in [0.1, 0.15) is 23.4 Å². The van der Waals surface area contributed by atoms with E-state index in [9.17, 15) is 20.1 Å². The first-order valence-corrected chi connectivity index (χ1v) is 10.7. The summed E-state index contributed by atoms with van der Waals surface area (Å²) in [4.78, 5) is 25.0. The molecule has 4 unspecified atom stereocenters. The third-order valence-corrected chi connectivity index (χ3v) is 9.81. The van der Waals surface area contributed by atoms with Gasteiger partial charge < -0.3 is 4.74 Å². The summed E-state index contributed by atoms with van der Waals surface area (Å²) in [6, 6.07) is 4.68. The molecular formula is C23H28N2O3. The van der Waals surface area contributed by atoms with E-state index in [4.69, 9.17) is 4.74 Å². The number of hydrogen-bond donors (Lipinski definition) is 0. The number of carbonyl (C=O) groups is 2. The maximum absolute atomic E-state index is 12.6. The Morgan fingerprint density at radius 3 is 2.54 bits per heavy atom. The summed E-state index contributed by atoms with van der Waals surface area (Å²) in [5, 5.41) is 19.3. The number of ether oxygens (including phenoxy) is 1. The van der Waals surface area contributed by atoms with Crippen molar-refractivity contribution in [1.29, 1.82) is 10.5 Å². The molecule has 1 saturated heterocycles. The van der Waals surface area contributed by atoms with Gasteiger partial charge in [-0.1, -0.05) is 13.8 Å². The van der Waals surface area contributed by atoms with Gasteiger partial charge in [0.05, 0.1) is 18.1 Å². The average molecular weight is 380 g/mol. The predicted molar refractivity (Wildman–Crippen MR) is 99.4 cm³/mol. The highest BCUT2D eigenvalue weighted by molar-refractivity contribution is 5.92. The third-order valence-electron chi connectivity index (χ3n) is 9.81. The summed E-state index contributed by atoms with van der Waals surface area (Å²) in [6.07, 6.45) is 4.85. The lowest BCUT2D eigenvalue weighted by Crippen LogP contribution is -2.59. The highest BCUT2D eigenvalue weighted by Gasteiger charge is 2.78. The normalized spacial score (nSPS) is 56.3. The number of carbonyl (C=O) groups excluding carboxylic acids is 2. The van der Waals surface area contributed by atoms with Crippen molar-refractivity contribution in [2.24, 2.45) is 46.3 Å². The van der Waals surface area contributed by atoms with Crippen molar-refractivity contribution in [3.63, 3.8) is 0 Å². The number of epoxide rings is 1. The van der Waals surface area contributed by atoms with Gasteiger partial charge in [0, 0.05) is 11.3 Å². The maximum Gasteiger partial charge on any atom is 0.181 e. The molecule has 5 aliphatic rings. The Labute approximate surface area is 166 Å². The molecule has 0 aromatic carbocycles. The van der Waals surface area contributed by atoms with Crippen molar-refractivity contribution >= 4 is 11.6 Å². The molecule has 1 aliphatic heterocycles. The van der Waals surface area contributed by atoms with Crippen LogP contribution in [0.15, 0.2) is 0 Å². The summed E-state index contributed by atoms with van der Waals surface area (Å²) in [5.74, 6) is 0.474. The number of Topliss-reactive ketones (excluding diaryl/α,β-unsaturated/α-hetero) is 2. The van der Waals surface area contributed by atoms with Crippen molar-refractivity contribution in [3.05, 3.63) is 0 Å². The van der Waals surface area contributed by atoms with Gasteiger partial charge in [-0.3, -0.25) is 9.59 Å². The number of hydrogen-bond acceptors (Lipinski definition) is 5.